The average Bonchev–Trinajstić information content (AvgIpc) is 2.76. The van der Waals surface area contributed by atoms with Crippen LogP contribution in [0.5, 0.6) is 0 Å². The maximum atomic E-state index is 12.3. The molecule has 3 aromatic rings. The largest absolute Gasteiger partial charge is 0.449 e. The SMILES string of the molecule is Cc1cc(C)cc(NC(=O)c2oc3ccccc3c2N)c1. The fraction of sp³-hybridized carbons (Fsp3) is 0.118. The lowest BCUT2D eigenvalue weighted by molar-refractivity contribution is 0.1000. The number of hydrogen-bond acceptors (Lipinski definition) is 3. The molecule has 4 heteroatoms. The van der Waals surface area contributed by atoms with E-state index in [0.29, 0.717) is 11.3 Å². The molecule has 1 heterocycles. The molecule has 0 unspecified atom stereocenters. The number of fused-ring (bicyclic) bond motifs is 1. The zero-order chi connectivity index (χ0) is 15.0. The van der Waals surface area contributed by atoms with E-state index < -0.39 is 0 Å². The second kappa shape index (κ2) is 4.98. The average molecular weight is 280 g/mol. The van der Waals surface area contributed by atoms with E-state index in [-0.39, 0.29) is 11.7 Å². The fourth-order valence-corrected chi connectivity index (χ4v) is 2.47. The summed E-state index contributed by atoms with van der Waals surface area (Å²) in [6.45, 7) is 3.97. The van der Waals surface area contributed by atoms with Crippen LogP contribution in [0.3, 0.4) is 0 Å². The number of nitrogen functional groups attached to an aromatic ring is 1. The highest BCUT2D eigenvalue weighted by atomic mass is 16.3. The summed E-state index contributed by atoms with van der Waals surface area (Å²) < 4.78 is 5.56. The van der Waals surface area contributed by atoms with Gasteiger partial charge in [0.15, 0.2) is 0 Å². The fourth-order valence-electron chi connectivity index (χ4n) is 2.47. The summed E-state index contributed by atoms with van der Waals surface area (Å²) in [5.41, 5.74) is 9.88. The van der Waals surface area contributed by atoms with Gasteiger partial charge in [0.25, 0.3) is 5.91 Å². The Kier molecular flexibility index (Phi) is 3.14. The predicted molar refractivity (Wildman–Crippen MR) is 84.5 cm³/mol. The highest BCUT2D eigenvalue weighted by Crippen LogP contribution is 2.28. The van der Waals surface area contributed by atoms with Crippen LogP contribution in [0.25, 0.3) is 11.0 Å². The van der Waals surface area contributed by atoms with Gasteiger partial charge in [0.1, 0.15) is 5.58 Å². The number of rotatable bonds is 2. The highest BCUT2D eigenvalue weighted by Gasteiger charge is 2.18. The minimum absolute atomic E-state index is 0.148. The standard InChI is InChI=1S/C17H16N2O2/c1-10-7-11(2)9-12(8-10)19-17(20)16-15(18)13-5-3-4-6-14(13)21-16/h3-9H,18H2,1-2H3,(H,19,20). The number of amides is 1. The first kappa shape index (κ1) is 13.2. The molecule has 0 atom stereocenters. The van der Waals surface area contributed by atoms with Gasteiger partial charge in [-0.05, 0) is 49.2 Å². The van der Waals surface area contributed by atoms with Gasteiger partial charge in [-0.25, -0.2) is 0 Å². The van der Waals surface area contributed by atoms with E-state index in [4.69, 9.17) is 10.2 Å². The van der Waals surface area contributed by atoms with Crippen molar-refractivity contribution in [1.82, 2.24) is 0 Å². The number of carbonyl (C=O) groups excluding carboxylic acids is 1. The first-order valence-electron chi connectivity index (χ1n) is 6.71. The van der Waals surface area contributed by atoms with E-state index in [1.54, 1.807) is 6.07 Å². The predicted octanol–water partition coefficient (Wildman–Crippen LogP) is 3.88. The van der Waals surface area contributed by atoms with Crippen molar-refractivity contribution < 1.29 is 9.21 Å². The zero-order valence-corrected chi connectivity index (χ0v) is 11.9. The maximum Gasteiger partial charge on any atom is 0.293 e. The summed E-state index contributed by atoms with van der Waals surface area (Å²) in [6, 6.07) is 13.2. The van der Waals surface area contributed by atoms with E-state index >= 15 is 0 Å². The molecule has 21 heavy (non-hydrogen) atoms. The van der Waals surface area contributed by atoms with Crippen LogP contribution in [0.2, 0.25) is 0 Å². The third-order valence-corrected chi connectivity index (χ3v) is 3.32. The van der Waals surface area contributed by atoms with Gasteiger partial charge in [-0.3, -0.25) is 4.79 Å². The number of carbonyl (C=O) groups is 1. The Bertz CT molecular complexity index is 814. The summed E-state index contributed by atoms with van der Waals surface area (Å²) in [4.78, 5) is 12.3. The number of nitrogens with one attached hydrogen (secondary N) is 1. The Morgan fingerprint density at radius 1 is 1.10 bits per heavy atom. The molecule has 106 valence electrons. The normalized spacial score (nSPS) is 10.8. The first-order chi connectivity index (χ1) is 10.0. The number of furan rings is 1. The van der Waals surface area contributed by atoms with Crippen LogP contribution in [0.4, 0.5) is 11.4 Å². The molecule has 1 aromatic heterocycles. The topological polar surface area (TPSA) is 68.3 Å². The smallest absolute Gasteiger partial charge is 0.293 e. The molecular weight excluding hydrogens is 264 g/mol. The lowest BCUT2D eigenvalue weighted by atomic mass is 10.1. The van der Waals surface area contributed by atoms with Crippen molar-refractivity contribution >= 4 is 28.3 Å². The number of nitrogens with two attached hydrogens (primary N) is 1. The van der Waals surface area contributed by atoms with Gasteiger partial charge >= 0.3 is 0 Å². The molecule has 0 bridgehead atoms. The van der Waals surface area contributed by atoms with Gasteiger partial charge in [0.2, 0.25) is 5.76 Å². The monoisotopic (exact) mass is 280 g/mol. The number of benzene rings is 2. The van der Waals surface area contributed by atoms with E-state index in [1.165, 1.54) is 0 Å². The van der Waals surface area contributed by atoms with E-state index in [0.717, 1.165) is 22.2 Å². The minimum atomic E-state index is -0.339. The van der Waals surface area contributed by atoms with Crippen molar-refractivity contribution in [3.05, 3.63) is 59.4 Å². The molecule has 0 aliphatic carbocycles. The zero-order valence-electron chi connectivity index (χ0n) is 11.9. The third kappa shape index (κ3) is 2.48. The molecule has 0 saturated carbocycles. The van der Waals surface area contributed by atoms with Gasteiger partial charge in [0, 0.05) is 11.1 Å². The van der Waals surface area contributed by atoms with Crippen molar-refractivity contribution in [3.63, 3.8) is 0 Å². The van der Waals surface area contributed by atoms with E-state index in [2.05, 4.69) is 5.32 Å². The highest BCUT2D eigenvalue weighted by molar-refractivity contribution is 6.10. The van der Waals surface area contributed by atoms with Gasteiger partial charge in [-0.15, -0.1) is 0 Å². The summed E-state index contributed by atoms with van der Waals surface area (Å²) in [7, 11) is 0. The lowest BCUT2D eigenvalue weighted by Crippen LogP contribution is -2.12. The van der Waals surface area contributed by atoms with Crippen LogP contribution < -0.4 is 11.1 Å². The second-order valence-corrected chi connectivity index (χ2v) is 5.17. The summed E-state index contributed by atoms with van der Waals surface area (Å²) >= 11 is 0. The molecule has 3 N–H and O–H groups in total. The number of anilines is 2. The van der Waals surface area contributed by atoms with Crippen molar-refractivity contribution in [2.24, 2.45) is 0 Å². The Morgan fingerprint density at radius 2 is 1.76 bits per heavy atom. The number of hydrogen-bond donors (Lipinski definition) is 2. The van der Waals surface area contributed by atoms with Gasteiger partial charge in [0.05, 0.1) is 5.69 Å². The molecule has 3 rings (SSSR count). The summed E-state index contributed by atoms with van der Waals surface area (Å²) in [6.07, 6.45) is 0. The van der Waals surface area contributed by atoms with Crippen LogP contribution in [0.15, 0.2) is 46.9 Å². The molecule has 0 radical (unpaired) electrons. The van der Waals surface area contributed by atoms with Gasteiger partial charge in [-0.2, -0.15) is 0 Å². The first-order valence-corrected chi connectivity index (χ1v) is 6.71. The molecule has 0 aliphatic rings. The van der Waals surface area contributed by atoms with Crippen LogP contribution in [0.1, 0.15) is 21.7 Å². The van der Waals surface area contributed by atoms with E-state index in [1.807, 2.05) is 50.2 Å². The molecule has 0 spiro atoms. The molecule has 2 aromatic carbocycles. The van der Waals surface area contributed by atoms with Gasteiger partial charge < -0.3 is 15.5 Å². The molecule has 4 nitrogen and oxygen atoms in total. The Balaban J connectivity index is 1.95. The van der Waals surface area contributed by atoms with Crippen LogP contribution in [-0.2, 0) is 0 Å². The van der Waals surface area contributed by atoms with Crippen molar-refractivity contribution in [3.8, 4) is 0 Å². The van der Waals surface area contributed by atoms with Crippen molar-refractivity contribution in [2.75, 3.05) is 11.1 Å². The van der Waals surface area contributed by atoms with Crippen LogP contribution in [0, 0.1) is 13.8 Å². The summed E-state index contributed by atoms with van der Waals surface area (Å²) in [5, 5.41) is 3.58. The molecular formula is C17H16N2O2. The number of aryl methyl sites for hydroxylation is 2. The quantitative estimate of drug-likeness (QED) is 0.748. The van der Waals surface area contributed by atoms with Crippen molar-refractivity contribution in [1.29, 1.82) is 0 Å². The van der Waals surface area contributed by atoms with E-state index in [9.17, 15) is 4.79 Å². The Morgan fingerprint density at radius 3 is 2.43 bits per heavy atom. The summed E-state index contributed by atoms with van der Waals surface area (Å²) in [5.74, 6) is -0.191. The maximum absolute atomic E-state index is 12.3. The molecule has 1 amide bonds. The van der Waals surface area contributed by atoms with Crippen molar-refractivity contribution in [2.45, 2.75) is 13.8 Å². The Labute approximate surface area is 122 Å². The number of para-hydroxylation sites is 1. The third-order valence-electron chi connectivity index (χ3n) is 3.32. The molecule has 0 aliphatic heterocycles. The Hall–Kier alpha value is -2.75. The lowest BCUT2D eigenvalue weighted by Gasteiger charge is -2.06. The van der Waals surface area contributed by atoms with Crippen LogP contribution >= 0.6 is 0 Å². The minimum Gasteiger partial charge on any atom is -0.449 e. The van der Waals surface area contributed by atoms with Gasteiger partial charge in [-0.1, -0.05) is 18.2 Å². The van der Waals surface area contributed by atoms with Crippen LogP contribution in [-0.4, -0.2) is 5.91 Å². The second-order valence-electron chi connectivity index (χ2n) is 5.17. The molecule has 0 fully saturated rings. The molecule has 0 saturated heterocycles.